The molecule has 0 aliphatic heterocycles. The van der Waals surface area contributed by atoms with Gasteiger partial charge in [0.05, 0.1) is 10.8 Å². The molecule has 6 aromatic carbocycles. The molecule has 0 spiro atoms. The lowest BCUT2D eigenvalue weighted by molar-refractivity contribution is 0.432. The number of hydrogen-bond acceptors (Lipinski definition) is 1. The van der Waals surface area contributed by atoms with E-state index in [1.54, 1.807) is 0 Å². The zero-order valence-corrected chi connectivity index (χ0v) is 20.1. The van der Waals surface area contributed by atoms with Crippen molar-refractivity contribution in [1.29, 1.82) is 0 Å². The zero-order valence-electron chi connectivity index (χ0n) is 20.1. The fourth-order valence-electron chi connectivity index (χ4n) is 8.28. The van der Waals surface area contributed by atoms with Gasteiger partial charge in [-0.25, -0.2) is 0 Å². The smallest absolute Gasteiger partial charge is 0.123 e. The Balaban J connectivity index is 1.68. The van der Waals surface area contributed by atoms with Gasteiger partial charge in [-0.2, -0.15) is 0 Å². The number of aromatic hydroxyl groups is 1. The van der Waals surface area contributed by atoms with E-state index in [1.165, 1.54) is 61.0 Å². The van der Waals surface area contributed by atoms with Crippen LogP contribution in [0.5, 0.6) is 5.75 Å². The highest BCUT2D eigenvalue weighted by Crippen LogP contribution is 2.73. The second-order valence-electron chi connectivity index (χ2n) is 10.5. The Kier molecular flexibility index (Phi) is 3.37. The number of rotatable bonds is 0. The minimum Gasteiger partial charge on any atom is -0.507 e. The van der Waals surface area contributed by atoms with Crippen molar-refractivity contribution in [2.24, 2.45) is 0 Å². The topological polar surface area (TPSA) is 20.2 Å². The molecular weight excluding hydrogens is 448 g/mol. The molecule has 1 nitrogen and oxygen atoms in total. The molecule has 0 saturated heterocycles. The largest absolute Gasteiger partial charge is 0.507 e. The molecule has 0 amide bonds. The van der Waals surface area contributed by atoms with E-state index in [9.17, 15) is 5.11 Å². The normalized spacial score (nSPS) is 21.3. The monoisotopic (exact) mass is 470 g/mol. The Bertz CT molecular complexity index is 1760. The van der Waals surface area contributed by atoms with Crippen LogP contribution in [-0.4, -0.2) is 5.11 Å². The van der Waals surface area contributed by atoms with Crippen LogP contribution in [0.25, 0.3) is 33.0 Å². The molecule has 0 heterocycles. The Morgan fingerprint density at radius 2 is 0.730 bits per heavy atom. The molecule has 172 valence electrons. The summed E-state index contributed by atoms with van der Waals surface area (Å²) in [7, 11) is 0. The Morgan fingerprint density at radius 1 is 0.351 bits per heavy atom. The summed E-state index contributed by atoms with van der Waals surface area (Å²) in [5.74, 6) is 0.340. The van der Waals surface area contributed by atoms with Gasteiger partial charge >= 0.3 is 0 Å². The molecule has 0 bridgehead atoms. The van der Waals surface area contributed by atoms with Gasteiger partial charge in [0.1, 0.15) is 5.75 Å². The van der Waals surface area contributed by atoms with Gasteiger partial charge < -0.3 is 5.11 Å². The van der Waals surface area contributed by atoms with Crippen molar-refractivity contribution < 1.29 is 5.11 Å². The fraction of sp³-hybridized carbons (Fsp3) is 0.0556. The molecule has 37 heavy (non-hydrogen) atoms. The summed E-state index contributed by atoms with van der Waals surface area (Å²) in [6.07, 6.45) is 0. The second-order valence-corrected chi connectivity index (χ2v) is 10.5. The number of phenols is 1. The van der Waals surface area contributed by atoms with Crippen LogP contribution in [0.3, 0.4) is 0 Å². The van der Waals surface area contributed by atoms with Gasteiger partial charge in [-0.1, -0.05) is 121 Å². The molecule has 0 unspecified atom stereocenters. The maximum absolute atomic E-state index is 11.1. The molecule has 1 N–H and O–H groups in total. The summed E-state index contributed by atoms with van der Waals surface area (Å²) in [4.78, 5) is 0. The van der Waals surface area contributed by atoms with Crippen molar-refractivity contribution in [1.82, 2.24) is 0 Å². The molecule has 3 aliphatic rings. The van der Waals surface area contributed by atoms with Gasteiger partial charge in [0.25, 0.3) is 0 Å². The van der Waals surface area contributed by atoms with E-state index in [0.717, 1.165) is 5.39 Å². The fourth-order valence-corrected chi connectivity index (χ4v) is 8.28. The molecule has 3 aliphatic carbocycles. The maximum Gasteiger partial charge on any atom is 0.123 e. The van der Waals surface area contributed by atoms with Gasteiger partial charge in [0.2, 0.25) is 0 Å². The third-order valence-electron chi connectivity index (χ3n) is 9.29. The predicted molar refractivity (Wildman–Crippen MR) is 149 cm³/mol. The standard InChI is InChI=1S/C36H22O/c37-33-21-20-32-34-26(33)14-9-19-31(34)35-27-15-5-1-10-22(27)24-12-3-7-17-29(24)36(32,35)30-18-8-4-13-25(30)23-11-2-6-16-28(23)35/h1-21,37H. The molecule has 0 saturated carbocycles. The second kappa shape index (κ2) is 6.38. The van der Waals surface area contributed by atoms with E-state index in [0.29, 0.717) is 5.75 Å². The quantitative estimate of drug-likeness (QED) is 0.237. The molecule has 1 heteroatoms. The van der Waals surface area contributed by atoms with Crippen LogP contribution in [-0.2, 0) is 10.8 Å². The van der Waals surface area contributed by atoms with E-state index in [1.807, 2.05) is 6.07 Å². The van der Waals surface area contributed by atoms with Gasteiger partial charge in [0, 0.05) is 5.39 Å². The Morgan fingerprint density at radius 3 is 1.19 bits per heavy atom. The summed E-state index contributed by atoms with van der Waals surface area (Å²) < 4.78 is 0. The van der Waals surface area contributed by atoms with Gasteiger partial charge in [-0.3, -0.25) is 0 Å². The highest BCUT2D eigenvalue weighted by Gasteiger charge is 2.67. The summed E-state index contributed by atoms with van der Waals surface area (Å²) in [5.41, 5.74) is 12.1. The number of phenolic OH excluding ortho intramolecular Hbond substituents is 1. The average Bonchev–Trinajstić information content (AvgIpc) is 3.25. The van der Waals surface area contributed by atoms with Crippen molar-refractivity contribution in [3.05, 3.63) is 161 Å². The van der Waals surface area contributed by atoms with Crippen molar-refractivity contribution in [3.63, 3.8) is 0 Å². The zero-order chi connectivity index (χ0) is 24.4. The van der Waals surface area contributed by atoms with Crippen LogP contribution < -0.4 is 0 Å². The first-order chi connectivity index (χ1) is 18.3. The van der Waals surface area contributed by atoms with Crippen molar-refractivity contribution in [3.8, 4) is 28.0 Å². The first-order valence-corrected chi connectivity index (χ1v) is 12.9. The number of benzene rings is 6. The van der Waals surface area contributed by atoms with E-state index in [4.69, 9.17) is 0 Å². The van der Waals surface area contributed by atoms with Crippen LogP contribution in [0.4, 0.5) is 0 Å². The molecule has 0 aromatic heterocycles. The molecule has 6 aromatic rings. The van der Waals surface area contributed by atoms with Gasteiger partial charge in [-0.05, 0) is 67.1 Å². The summed E-state index contributed by atoms with van der Waals surface area (Å²) >= 11 is 0. The van der Waals surface area contributed by atoms with Gasteiger partial charge in [-0.15, -0.1) is 0 Å². The molecular formula is C36H22O. The SMILES string of the molecule is Oc1ccc2c3c(cccc13)C13c4ccccc4-c4ccccc4C21c1ccccc1-c1ccccc13. The molecule has 9 rings (SSSR count). The summed E-state index contributed by atoms with van der Waals surface area (Å²) in [5, 5.41) is 13.2. The highest BCUT2D eigenvalue weighted by atomic mass is 16.3. The lowest BCUT2D eigenvalue weighted by Gasteiger charge is -2.56. The first-order valence-electron chi connectivity index (χ1n) is 12.9. The van der Waals surface area contributed by atoms with E-state index in [2.05, 4.69) is 121 Å². The van der Waals surface area contributed by atoms with Crippen LogP contribution in [0.2, 0.25) is 0 Å². The minimum absolute atomic E-state index is 0.340. The third kappa shape index (κ3) is 1.90. The Hall–Kier alpha value is -4.62. The Labute approximate surface area is 215 Å². The van der Waals surface area contributed by atoms with Crippen molar-refractivity contribution >= 4 is 10.8 Å². The molecule has 0 atom stereocenters. The van der Waals surface area contributed by atoms with Crippen LogP contribution >= 0.6 is 0 Å². The third-order valence-corrected chi connectivity index (χ3v) is 9.29. The summed E-state index contributed by atoms with van der Waals surface area (Å²) in [6.45, 7) is 0. The minimum atomic E-state index is -0.474. The highest BCUT2D eigenvalue weighted by molar-refractivity contribution is 6.06. The number of hydrogen-bond donors (Lipinski definition) is 1. The summed E-state index contributed by atoms with van der Waals surface area (Å²) in [6, 6.07) is 46.5. The van der Waals surface area contributed by atoms with Crippen LogP contribution in [0.15, 0.2) is 127 Å². The van der Waals surface area contributed by atoms with Gasteiger partial charge in [0.15, 0.2) is 0 Å². The number of fused-ring (bicyclic) bond motifs is 6. The lowest BCUT2D eigenvalue weighted by atomic mass is 9.43. The van der Waals surface area contributed by atoms with E-state index < -0.39 is 10.8 Å². The maximum atomic E-state index is 11.1. The first kappa shape index (κ1) is 19.6. The molecule has 0 radical (unpaired) electrons. The van der Waals surface area contributed by atoms with Crippen LogP contribution in [0, 0.1) is 0 Å². The van der Waals surface area contributed by atoms with Crippen molar-refractivity contribution in [2.75, 3.05) is 0 Å². The average molecular weight is 471 g/mol. The molecule has 0 fully saturated rings. The van der Waals surface area contributed by atoms with E-state index >= 15 is 0 Å². The van der Waals surface area contributed by atoms with Crippen molar-refractivity contribution in [2.45, 2.75) is 10.8 Å². The lowest BCUT2D eigenvalue weighted by Crippen LogP contribution is -2.54. The van der Waals surface area contributed by atoms with E-state index in [-0.39, 0.29) is 0 Å². The predicted octanol–water partition coefficient (Wildman–Crippen LogP) is 8.19. The van der Waals surface area contributed by atoms with Crippen LogP contribution in [0.1, 0.15) is 33.4 Å².